The van der Waals surface area contributed by atoms with Crippen LogP contribution < -0.4 is 5.32 Å². The minimum absolute atomic E-state index is 0.481. The SMILES string of the molecule is CCCc1csc(C2CNCCN2C)n1. The summed E-state index contributed by atoms with van der Waals surface area (Å²) in [6.45, 7) is 5.45. The molecule has 0 saturated carbocycles. The summed E-state index contributed by atoms with van der Waals surface area (Å²) in [6.07, 6.45) is 2.29. The molecule has 3 nitrogen and oxygen atoms in total. The van der Waals surface area contributed by atoms with Crippen molar-refractivity contribution >= 4 is 11.3 Å². The van der Waals surface area contributed by atoms with E-state index >= 15 is 0 Å². The van der Waals surface area contributed by atoms with Crippen LogP contribution in [0.2, 0.25) is 0 Å². The molecule has 1 aromatic heterocycles. The maximum atomic E-state index is 4.71. The van der Waals surface area contributed by atoms with E-state index < -0.39 is 0 Å². The average molecular weight is 225 g/mol. The highest BCUT2D eigenvalue weighted by molar-refractivity contribution is 7.09. The highest BCUT2D eigenvalue weighted by atomic mass is 32.1. The molecule has 1 aromatic rings. The average Bonchev–Trinajstić information content (AvgIpc) is 2.68. The van der Waals surface area contributed by atoms with E-state index in [-0.39, 0.29) is 0 Å². The Morgan fingerprint density at radius 3 is 3.27 bits per heavy atom. The van der Waals surface area contributed by atoms with Gasteiger partial charge in [-0.05, 0) is 13.5 Å². The fourth-order valence-electron chi connectivity index (χ4n) is 1.93. The third-order valence-corrected chi connectivity index (χ3v) is 3.87. The molecule has 84 valence electrons. The van der Waals surface area contributed by atoms with Crippen LogP contribution in [0.4, 0.5) is 0 Å². The molecule has 0 bridgehead atoms. The minimum Gasteiger partial charge on any atom is -0.313 e. The summed E-state index contributed by atoms with van der Waals surface area (Å²) in [4.78, 5) is 7.10. The van der Waals surface area contributed by atoms with Gasteiger partial charge in [0.1, 0.15) is 5.01 Å². The van der Waals surface area contributed by atoms with Gasteiger partial charge in [-0.3, -0.25) is 4.90 Å². The van der Waals surface area contributed by atoms with E-state index in [9.17, 15) is 0 Å². The predicted octanol–water partition coefficient (Wildman–Crippen LogP) is 1.67. The highest BCUT2D eigenvalue weighted by Gasteiger charge is 2.22. The number of thiazole rings is 1. The molecule has 0 aromatic carbocycles. The third-order valence-electron chi connectivity index (χ3n) is 2.87. The number of hydrogen-bond donors (Lipinski definition) is 1. The molecule has 1 unspecified atom stereocenters. The van der Waals surface area contributed by atoms with Gasteiger partial charge >= 0.3 is 0 Å². The lowest BCUT2D eigenvalue weighted by Crippen LogP contribution is -2.43. The van der Waals surface area contributed by atoms with Gasteiger partial charge in [0.15, 0.2) is 0 Å². The summed E-state index contributed by atoms with van der Waals surface area (Å²) >= 11 is 1.81. The van der Waals surface area contributed by atoms with Gasteiger partial charge in [0.25, 0.3) is 0 Å². The lowest BCUT2D eigenvalue weighted by Gasteiger charge is -2.31. The molecule has 1 saturated heterocycles. The van der Waals surface area contributed by atoms with Gasteiger partial charge in [-0.1, -0.05) is 13.3 Å². The van der Waals surface area contributed by atoms with Gasteiger partial charge in [-0.25, -0.2) is 4.98 Å². The Labute approximate surface area is 95.5 Å². The first kappa shape index (κ1) is 11.0. The minimum atomic E-state index is 0.481. The smallest absolute Gasteiger partial charge is 0.111 e. The number of aromatic nitrogens is 1. The molecule has 0 spiro atoms. The molecule has 0 radical (unpaired) electrons. The van der Waals surface area contributed by atoms with E-state index in [1.807, 2.05) is 0 Å². The van der Waals surface area contributed by atoms with Crippen molar-refractivity contribution < 1.29 is 0 Å². The Bertz CT molecular complexity index is 311. The highest BCUT2D eigenvalue weighted by Crippen LogP contribution is 2.24. The molecule has 4 heteroatoms. The van der Waals surface area contributed by atoms with Crippen molar-refractivity contribution in [1.29, 1.82) is 0 Å². The maximum absolute atomic E-state index is 4.71. The molecular formula is C11H19N3S. The van der Waals surface area contributed by atoms with Gasteiger partial charge in [0.05, 0.1) is 11.7 Å². The second kappa shape index (κ2) is 5.05. The second-order valence-electron chi connectivity index (χ2n) is 4.13. The number of likely N-dealkylation sites (N-methyl/N-ethyl adjacent to an activating group) is 1. The molecule has 1 fully saturated rings. The zero-order chi connectivity index (χ0) is 10.7. The van der Waals surface area contributed by atoms with Crippen molar-refractivity contribution in [3.63, 3.8) is 0 Å². The second-order valence-corrected chi connectivity index (χ2v) is 5.02. The van der Waals surface area contributed by atoms with Crippen molar-refractivity contribution in [2.45, 2.75) is 25.8 Å². The van der Waals surface area contributed by atoms with Crippen LogP contribution in [-0.4, -0.2) is 36.6 Å². The van der Waals surface area contributed by atoms with Crippen molar-refractivity contribution in [3.05, 3.63) is 16.1 Å². The van der Waals surface area contributed by atoms with Crippen molar-refractivity contribution in [3.8, 4) is 0 Å². The zero-order valence-electron chi connectivity index (χ0n) is 9.49. The number of aryl methyl sites for hydroxylation is 1. The molecule has 1 aliphatic heterocycles. The Morgan fingerprint density at radius 1 is 1.67 bits per heavy atom. The largest absolute Gasteiger partial charge is 0.313 e. The standard InChI is InChI=1S/C11H19N3S/c1-3-4-9-8-15-11(13-9)10-7-12-5-6-14(10)2/h8,10,12H,3-7H2,1-2H3. The van der Waals surface area contributed by atoms with Gasteiger partial charge in [-0.15, -0.1) is 11.3 Å². The van der Waals surface area contributed by atoms with Gasteiger partial charge < -0.3 is 5.32 Å². The lowest BCUT2D eigenvalue weighted by atomic mass is 10.2. The fourth-order valence-corrected chi connectivity index (χ4v) is 2.95. The Kier molecular flexibility index (Phi) is 3.72. The van der Waals surface area contributed by atoms with Crippen LogP contribution in [-0.2, 0) is 6.42 Å². The van der Waals surface area contributed by atoms with E-state index in [2.05, 4.69) is 29.6 Å². The van der Waals surface area contributed by atoms with Crippen molar-refractivity contribution in [1.82, 2.24) is 15.2 Å². The van der Waals surface area contributed by atoms with Gasteiger partial charge in [0.2, 0.25) is 0 Å². The summed E-state index contributed by atoms with van der Waals surface area (Å²) in [6, 6.07) is 0.481. The van der Waals surface area contributed by atoms with Crippen LogP contribution in [0.5, 0.6) is 0 Å². The van der Waals surface area contributed by atoms with Gasteiger partial charge in [0, 0.05) is 25.0 Å². The van der Waals surface area contributed by atoms with Crippen LogP contribution in [0.25, 0.3) is 0 Å². The van der Waals surface area contributed by atoms with Crippen molar-refractivity contribution in [2.75, 3.05) is 26.7 Å². The van der Waals surface area contributed by atoms with Crippen LogP contribution in [0.3, 0.4) is 0 Å². The molecule has 1 aliphatic rings. The van der Waals surface area contributed by atoms with Crippen LogP contribution in [0.15, 0.2) is 5.38 Å². The number of rotatable bonds is 3. The monoisotopic (exact) mass is 225 g/mol. The summed E-state index contributed by atoms with van der Waals surface area (Å²) in [7, 11) is 2.19. The zero-order valence-corrected chi connectivity index (χ0v) is 10.3. The summed E-state index contributed by atoms with van der Waals surface area (Å²) in [5, 5.41) is 6.91. The molecular weight excluding hydrogens is 206 g/mol. The predicted molar refractivity (Wildman–Crippen MR) is 64.3 cm³/mol. The fraction of sp³-hybridized carbons (Fsp3) is 0.727. The van der Waals surface area contributed by atoms with Crippen LogP contribution in [0.1, 0.15) is 30.1 Å². The Balaban J connectivity index is 2.06. The third kappa shape index (κ3) is 2.56. The summed E-state index contributed by atoms with van der Waals surface area (Å²) in [5.74, 6) is 0. The van der Waals surface area contributed by atoms with E-state index in [1.165, 1.54) is 17.1 Å². The Morgan fingerprint density at radius 2 is 2.53 bits per heavy atom. The quantitative estimate of drug-likeness (QED) is 0.848. The first-order chi connectivity index (χ1) is 7.31. The van der Waals surface area contributed by atoms with E-state index in [0.29, 0.717) is 6.04 Å². The van der Waals surface area contributed by atoms with E-state index in [0.717, 1.165) is 26.1 Å². The normalized spacial score (nSPS) is 23.2. The maximum Gasteiger partial charge on any atom is 0.111 e. The molecule has 1 atom stereocenters. The summed E-state index contributed by atoms with van der Waals surface area (Å²) < 4.78 is 0. The first-order valence-electron chi connectivity index (χ1n) is 5.66. The molecule has 0 aliphatic carbocycles. The molecule has 2 heterocycles. The molecule has 15 heavy (non-hydrogen) atoms. The van der Waals surface area contributed by atoms with Crippen molar-refractivity contribution in [2.24, 2.45) is 0 Å². The lowest BCUT2D eigenvalue weighted by molar-refractivity contribution is 0.202. The number of hydrogen-bond acceptors (Lipinski definition) is 4. The van der Waals surface area contributed by atoms with E-state index in [1.54, 1.807) is 11.3 Å². The molecule has 1 N–H and O–H groups in total. The number of nitrogens with zero attached hydrogens (tertiary/aromatic N) is 2. The summed E-state index contributed by atoms with van der Waals surface area (Å²) in [5.41, 5.74) is 1.26. The van der Waals surface area contributed by atoms with Crippen LogP contribution >= 0.6 is 11.3 Å². The first-order valence-corrected chi connectivity index (χ1v) is 6.54. The molecule has 2 rings (SSSR count). The van der Waals surface area contributed by atoms with E-state index in [4.69, 9.17) is 4.98 Å². The van der Waals surface area contributed by atoms with Gasteiger partial charge in [-0.2, -0.15) is 0 Å². The Hall–Kier alpha value is -0.450. The number of nitrogens with one attached hydrogen (secondary N) is 1. The number of piperazine rings is 1. The molecule has 0 amide bonds. The van der Waals surface area contributed by atoms with Crippen LogP contribution in [0, 0.1) is 0 Å². The topological polar surface area (TPSA) is 28.2 Å².